The minimum absolute atomic E-state index is 0.127. The van der Waals surface area contributed by atoms with Gasteiger partial charge in [-0.1, -0.05) is 6.07 Å². The summed E-state index contributed by atoms with van der Waals surface area (Å²) in [6, 6.07) is 5.66. The lowest BCUT2D eigenvalue weighted by Gasteiger charge is -2.15. The van der Waals surface area contributed by atoms with Gasteiger partial charge in [0.2, 0.25) is 5.95 Å². The second kappa shape index (κ2) is 8.94. The van der Waals surface area contributed by atoms with Gasteiger partial charge in [0.25, 0.3) is 5.91 Å². The molecule has 3 aromatic heterocycles. The molecule has 0 fully saturated rings. The fraction of sp³-hybridized carbons (Fsp3) is 0.238. The molecule has 0 spiro atoms. The highest BCUT2D eigenvalue weighted by Gasteiger charge is 2.18. The number of anilines is 4. The van der Waals surface area contributed by atoms with E-state index in [0.29, 0.717) is 28.5 Å². The minimum Gasteiger partial charge on any atom is -0.494 e. The molecule has 4 aromatic rings. The lowest BCUT2D eigenvalue weighted by atomic mass is 10.1. The smallest absolute Gasteiger partial charge is 0.254 e. The quantitative estimate of drug-likeness (QED) is 0.369. The van der Waals surface area contributed by atoms with E-state index in [4.69, 9.17) is 10.5 Å². The fourth-order valence-corrected chi connectivity index (χ4v) is 3.15. The first kappa shape index (κ1) is 21.7. The van der Waals surface area contributed by atoms with Gasteiger partial charge in [0.15, 0.2) is 11.6 Å². The van der Waals surface area contributed by atoms with Gasteiger partial charge in [-0.25, -0.2) is 9.97 Å². The number of methoxy groups -OCH3 is 1. The number of aryl methyl sites for hydroxylation is 1. The summed E-state index contributed by atoms with van der Waals surface area (Å²) in [6.07, 6.45) is 6.48. The summed E-state index contributed by atoms with van der Waals surface area (Å²) >= 11 is 0. The van der Waals surface area contributed by atoms with Crippen molar-refractivity contribution >= 4 is 29.0 Å². The molecule has 0 saturated heterocycles. The predicted molar refractivity (Wildman–Crippen MR) is 123 cm³/mol. The lowest BCUT2D eigenvalue weighted by molar-refractivity contribution is 0.100. The Balaban J connectivity index is 1.69. The van der Waals surface area contributed by atoms with Crippen molar-refractivity contribution in [2.24, 2.45) is 12.8 Å². The Labute approximate surface area is 189 Å². The van der Waals surface area contributed by atoms with Crippen LogP contribution in [0.3, 0.4) is 0 Å². The van der Waals surface area contributed by atoms with Crippen LogP contribution >= 0.6 is 0 Å². The average Bonchev–Trinajstić information content (AvgIpc) is 3.43. The highest BCUT2D eigenvalue weighted by atomic mass is 16.5. The molecule has 0 radical (unpaired) electrons. The third-order valence-corrected chi connectivity index (χ3v) is 4.75. The van der Waals surface area contributed by atoms with Crippen LogP contribution in [-0.4, -0.2) is 47.5 Å². The Morgan fingerprint density at radius 2 is 2.00 bits per heavy atom. The van der Waals surface area contributed by atoms with E-state index in [1.54, 1.807) is 42.1 Å². The zero-order valence-corrected chi connectivity index (χ0v) is 18.6. The first-order valence-corrected chi connectivity index (χ1v) is 10.1. The summed E-state index contributed by atoms with van der Waals surface area (Å²) in [5.74, 6) is 0.817. The SMILES string of the molecule is COc1c(Nc2nc(Nc3cnn(C(C)C)c3)ncc2C(N)=O)cccc1-c1ncn(C)n1. The number of primary amides is 1. The summed E-state index contributed by atoms with van der Waals surface area (Å²) in [6.45, 7) is 4.05. The van der Waals surface area contributed by atoms with E-state index in [-0.39, 0.29) is 23.4 Å². The van der Waals surface area contributed by atoms with Crippen molar-refractivity contribution in [3.63, 3.8) is 0 Å². The second-order valence-corrected chi connectivity index (χ2v) is 7.50. The average molecular weight is 448 g/mol. The van der Waals surface area contributed by atoms with Gasteiger partial charge in [0.1, 0.15) is 17.7 Å². The molecule has 0 aliphatic heterocycles. The van der Waals surface area contributed by atoms with Gasteiger partial charge < -0.3 is 21.1 Å². The monoisotopic (exact) mass is 448 g/mol. The highest BCUT2D eigenvalue weighted by molar-refractivity contribution is 5.98. The Kier molecular flexibility index (Phi) is 5.89. The second-order valence-electron chi connectivity index (χ2n) is 7.50. The first-order chi connectivity index (χ1) is 15.9. The van der Waals surface area contributed by atoms with Crippen LogP contribution in [0.4, 0.5) is 23.1 Å². The van der Waals surface area contributed by atoms with Crippen molar-refractivity contribution in [2.75, 3.05) is 17.7 Å². The van der Waals surface area contributed by atoms with Crippen LogP contribution in [0.5, 0.6) is 5.75 Å². The van der Waals surface area contributed by atoms with Gasteiger partial charge in [-0.2, -0.15) is 15.2 Å². The summed E-state index contributed by atoms with van der Waals surface area (Å²) in [4.78, 5) is 25.0. The number of nitrogens with two attached hydrogens (primary N) is 1. The van der Waals surface area contributed by atoms with Crippen LogP contribution in [0, 0.1) is 0 Å². The molecule has 33 heavy (non-hydrogen) atoms. The molecule has 4 N–H and O–H groups in total. The van der Waals surface area contributed by atoms with Crippen molar-refractivity contribution in [3.8, 4) is 17.1 Å². The molecule has 0 bridgehead atoms. The molecule has 3 heterocycles. The number of amides is 1. The van der Waals surface area contributed by atoms with Gasteiger partial charge >= 0.3 is 0 Å². The summed E-state index contributed by atoms with van der Waals surface area (Å²) in [7, 11) is 3.33. The maximum Gasteiger partial charge on any atom is 0.254 e. The molecule has 0 unspecified atom stereocenters. The predicted octanol–water partition coefficient (Wildman–Crippen LogP) is 2.64. The topological polar surface area (TPSA) is 151 Å². The van der Waals surface area contributed by atoms with Gasteiger partial charge in [-0.05, 0) is 26.0 Å². The van der Waals surface area contributed by atoms with E-state index >= 15 is 0 Å². The van der Waals surface area contributed by atoms with Crippen molar-refractivity contribution in [1.82, 2.24) is 34.5 Å². The number of nitrogens with zero attached hydrogens (tertiary/aromatic N) is 7. The third kappa shape index (κ3) is 4.59. The van der Waals surface area contributed by atoms with Crippen LogP contribution in [0.2, 0.25) is 0 Å². The molecule has 0 atom stereocenters. The van der Waals surface area contributed by atoms with Crippen LogP contribution in [0.1, 0.15) is 30.2 Å². The molecule has 12 heteroatoms. The fourth-order valence-electron chi connectivity index (χ4n) is 3.15. The van der Waals surface area contributed by atoms with E-state index in [2.05, 4.69) is 35.8 Å². The van der Waals surface area contributed by atoms with Crippen LogP contribution in [0.15, 0.2) is 43.1 Å². The number of ether oxygens (including phenoxy) is 1. The zero-order valence-electron chi connectivity index (χ0n) is 18.6. The van der Waals surface area contributed by atoms with Gasteiger partial charge in [0.05, 0.1) is 30.2 Å². The highest BCUT2D eigenvalue weighted by Crippen LogP contribution is 2.36. The standard InChI is InChI=1S/C21H24N10O2/c1-12(2)31-10-13(8-25-31)26-21-23-9-15(18(22)32)20(28-21)27-16-7-5-6-14(17(16)33-4)19-24-11-30(3)29-19/h5-12H,1-4H3,(H2,22,32)(H2,23,26,27,28). The largest absolute Gasteiger partial charge is 0.494 e. The maximum absolute atomic E-state index is 12.0. The summed E-state index contributed by atoms with van der Waals surface area (Å²) in [5.41, 5.74) is 7.63. The van der Waals surface area contributed by atoms with E-state index in [0.717, 1.165) is 0 Å². The summed E-state index contributed by atoms with van der Waals surface area (Å²) in [5, 5.41) is 14.9. The Morgan fingerprint density at radius 1 is 1.18 bits per heavy atom. The van der Waals surface area contributed by atoms with E-state index in [1.807, 2.05) is 32.2 Å². The molecule has 4 rings (SSSR count). The number of hydrogen-bond donors (Lipinski definition) is 3. The number of nitrogens with one attached hydrogen (secondary N) is 2. The molecular weight excluding hydrogens is 424 g/mol. The number of hydrogen-bond acceptors (Lipinski definition) is 9. The summed E-state index contributed by atoms with van der Waals surface area (Å²) < 4.78 is 9.03. The Morgan fingerprint density at radius 3 is 2.64 bits per heavy atom. The van der Waals surface area contributed by atoms with Gasteiger partial charge in [0, 0.05) is 25.5 Å². The number of carbonyl (C=O) groups excluding carboxylic acids is 1. The number of carbonyl (C=O) groups is 1. The molecule has 0 saturated carbocycles. The maximum atomic E-state index is 12.0. The molecule has 1 aromatic carbocycles. The first-order valence-electron chi connectivity index (χ1n) is 10.1. The van der Waals surface area contributed by atoms with Gasteiger partial charge in [-0.15, -0.1) is 0 Å². The van der Waals surface area contributed by atoms with Gasteiger partial charge in [-0.3, -0.25) is 14.2 Å². The molecular formula is C21H24N10O2. The molecule has 0 aliphatic rings. The third-order valence-electron chi connectivity index (χ3n) is 4.75. The number of benzene rings is 1. The minimum atomic E-state index is -0.668. The van der Waals surface area contributed by atoms with Crippen LogP contribution < -0.4 is 21.1 Å². The van der Waals surface area contributed by atoms with E-state index in [9.17, 15) is 4.79 Å². The van der Waals surface area contributed by atoms with Crippen molar-refractivity contribution in [3.05, 3.63) is 48.7 Å². The van der Waals surface area contributed by atoms with Crippen molar-refractivity contribution in [1.29, 1.82) is 0 Å². The zero-order chi connectivity index (χ0) is 23.5. The number of para-hydroxylation sites is 1. The van der Waals surface area contributed by atoms with E-state index in [1.165, 1.54) is 6.20 Å². The molecule has 170 valence electrons. The van der Waals surface area contributed by atoms with E-state index < -0.39 is 5.91 Å². The van der Waals surface area contributed by atoms with Crippen molar-refractivity contribution in [2.45, 2.75) is 19.9 Å². The molecule has 0 aliphatic carbocycles. The number of aromatic nitrogens is 7. The molecule has 1 amide bonds. The number of rotatable bonds is 8. The Bertz CT molecular complexity index is 1290. The Hall–Kier alpha value is -4.48. The lowest BCUT2D eigenvalue weighted by Crippen LogP contribution is -2.16. The molecule has 12 nitrogen and oxygen atoms in total. The van der Waals surface area contributed by atoms with Crippen molar-refractivity contribution < 1.29 is 9.53 Å². The normalized spacial score (nSPS) is 10.9. The van der Waals surface area contributed by atoms with Crippen LogP contribution in [0.25, 0.3) is 11.4 Å². The van der Waals surface area contributed by atoms with Crippen LogP contribution in [-0.2, 0) is 7.05 Å².